The monoisotopic (exact) mass is 416 g/mol. The Morgan fingerprint density at radius 1 is 1.17 bits per heavy atom. The van der Waals surface area contributed by atoms with Crippen molar-refractivity contribution in [3.63, 3.8) is 0 Å². The molecule has 30 heavy (non-hydrogen) atoms. The first-order valence-electron chi connectivity index (χ1n) is 9.99. The van der Waals surface area contributed by atoms with Crippen LogP contribution in [0.15, 0.2) is 71.9 Å². The molecule has 162 valence electrons. The number of aliphatic hydroxyl groups excluding tert-OH is 3. The average molecular weight is 416 g/mol. The van der Waals surface area contributed by atoms with Gasteiger partial charge in [-0.25, -0.2) is 4.39 Å². The molecule has 6 heteroatoms. The number of carbonyl (C=O) groups is 1. The van der Waals surface area contributed by atoms with E-state index in [4.69, 9.17) is 0 Å². The van der Waals surface area contributed by atoms with Gasteiger partial charge in [0.1, 0.15) is 5.82 Å². The molecule has 0 bridgehead atoms. The Morgan fingerprint density at radius 3 is 2.57 bits per heavy atom. The van der Waals surface area contributed by atoms with E-state index in [0.29, 0.717) is 19.3 Å². The molecule has 3 atom stereocenters. The molecule has 0 saturated carbocycles. The van der Waals surface area contributed by atoms with Crippen molar-refractivity contribution in [2.45, 2.75) is 50.4 Å². The Hall–Kier alpha value is -2.54. The highest BCUT2D eigenvalue weighted by atomic mass is 19.1. The Balaban J connectivity index is 1.88. The van der Waals surface area contributed by atoms with Crippen LogP contribution in [-0.4, -0.2) is 46.7 Å². The molecule has 0 aliphatic heterocycles. The van der Waals surface area contributed by atoms with E-state index < -0.39 is 18.3 Å². The number of esters is 1. The number of allylic oxidation sites excluding steroid dienone is 6. The lowest BCUT2D eigenvalue weighted by Crippen LogP contribution is -2.26. The lowest BCUT2D eigenvalue weighted by molar-refractivity contribution is -0.140. The molecule has 0 heterocycles. The maximum Gasteiger partial charge on any atom is 0.305 e. The van der Waals surface area contributed by atoms with Gasteiger partial charge in [0.25, 0.3) is 0 Å². The van der Waals surface area contributed by atoms with Crippen molar-refractivity contribution in [2.75, 3.05) is 7.11 Å². The van der Waals surface area contributed by atoms with Gasteiger partial charge in [-0.15, -0.1) is 0 Å². The quantitative estimate of drug-likeness (QED) is 0.510. The molecule has 0 amide bonds. The first kappa shape index (κ1) is 23.7. The van der Waals surface area contributed by atoms with Gasteiger partial charge in [-0.3, -0.25) is 4.79 Å². The van der Waals surface area contributed by atoms with Crippen LogP contribution in [0, 0.1) is 5.82 Å². The predicted molar refractivity (Wildman–Crippen MR) is 113 cm³/mol. The Bertz CT molecular complexity index is 807. The molecule has 5 nitrogen and oxygen atoms in total. The van der Waals surface area contributed by atoms with Crippen LogP contribution >= 0.6 is 0 Å². The Kier molecular flexibility index (Phi) is 9.67. The van der Waals surface area contributed by atoms with Gasteiger partial charge in [-0.2, -0.15) is 0 Å². The molecule has 1 aromatic rings. The second-order valence-corrected chi connectivity index (χ2v) is 7.28. The molecule has 2 rings (SSSR count). The zero-order chi connectivity index (χ0) is 21.9. The predicted octanol–water partition coefficient (Wildman–Crippen LogP) is 3.16. The van der Waals surface area contributed by atoms with Gasteiger partial charge in [-0.1, -0.05) is 48.6 Å². The molecule has 1 aliphatic carbocycles. The lowest BCUT2D eigenvalue weighted by Gasteiger charge is -2.16. The third kappa shape index (κ3) is 8.06. The number of halogens is 1. The zero-order valence-electron chi connectivity index (χ0n) is 17.1. The number of hydrogen-bond acceptors (Lipinski definition) is 5. The maximum atomic E-state index is 13.0. The van der Waals surface area contributed by atoms with Crippen LogP contribution in [0.2, 0.25) is 0 Å². The smallest absolute Gasteiger partial charge is 0.305 e. The van der Waals surface area contributed by atoms with E-state index in [1.54, 1.807) is 18.2 Å². The molecule has 0 spiro atoms. The fraction of sp³-hybridized carbons (Fsp3) is 0.375. The standard InChI is InChI=1S/C24H29FO5/c1-30-24(29)8-4-7-21(26)19-6-3-2-5-17(15-19)11-14-22(27)23(28)16-18-9-12-20(25)13-10-18/h2-3,5-6,9-14,21-23,26-28H,4,7-8,15-16H2,1H3/b14-11+/t21-,22+,23-/m0/s1. The number of benzene rings is 1. The fourth-order valence-electron chi connectivity index (χ4n) is 3.12. The number of methoxy groups -OCH3 is 1. The molecule has 3 N–H and O–H groups in total. The molecule has 0 unspecified atom stereocenters. The van der Waals surface area contributed by atoms with Crippen molar-refractivity contribution in [3.05, 3.63) is 83.2 Å². The highest BCUT2D eigenvalue weighted by molar-refractivity contribution is 5.69. The van der Waals surface area contributed by atoms with Gasteiger partial charge in [0.15, 0.2) is 0 Å². The van der Waals surface area contributed by atoms with Crippen molar-refractivity contribution >= 4 is 5.97 Å². The van der Waals surface area contributed by atoms with Crippen LogP contribution in [0.5, 0.6) is 0 Å². The second-order valence-electron chi connectivity index (χ2n) is 7.28. The molecule has 1 aromatic carbocycles. The minimum Gasteiger partial charge on any atom is -0.469 e. The normalized spacial score (nSPS) is 17.1. The molecular formula is C24H29FO5. The lowest BCUT2D eigenvalue weighted by atomic mass is 9.96. The van der Waals surface area contributed by atoms with Crippen molar-refractivity contribution in [1.82, 2.24) is 0 Å². The summed E-state index contributed by atoms with van der Waals surface area (Å²) in [5.74, 6) is -0.646. The summed E-state index contributed by atoms with van der Waals surface area (Å²) in [5, 5.41) is 30.9. The molecule has 1 aliphatic rings. The molecule has 0 fully saturated rings. The van der Waals surface area contributed by atoms with Gasteiger partial charge in [-0.05, 0) is 48.1 Å². The third-order valence-electron chi connectivity index (χ3n) is 4.91. The summed E-state index contributed by atoms with van der Waals surface area (Å²) in [6, 6.07) is 5.78. The molecule has 0 saturated heterocycles. The number of ether oxygens (including phenoxy) is 1. The Morgan fingerprint density at radius 2 is 1.87 bits per heavy atom. The first-order chi connectivity index (χ1) is 14.4. The van der Waals surface area contributed by atoms with Crippen LogP contribution < -0.4 is 0 Å². The van der Waals surface area contributed by atoms with E-state index in [-0.39, 0.29) is 24.6 Å². The van der Waals surface area contributed by atoms with E-state index in [2.05, 4.69) is 4.74 Å². The third-order valence-corrected chi connectivity index (χ3v) is 4.91. The maximum absolute atomic E-state index is 13.0. The largest absolute Gasteiger partial charge is 0.469 e. The van der Waals surface area contributed by atoms with Crippen LogP contribution in [0.4, 0.5) is 4.39 Å². The SMILES string of the molecule is COC(=O)CCC[C@H](O)C1=CC=CC=C(/C=C/[C@@H](O)[C@@H](O)Cc2ccc(F)cc2)C1. The summed E-state index contributed by atoms with van der Waals surface area (Å²) < 4.78 is 17.6. The van der Waals surface area contributed by atoms with Crippen molar-refractivity contribution in [2.24, 2.45) is 0 Å². The van der Waals surface area contributed by atoms with Crippen LogP contribution in [0.3, 0.4) is 0 Å². The highest BCUT2D eigenvalue weighted by Crippen LogP contribution is 2.22. The van der Waals surface area contributed by atoms with Crippen molar-refractivity contribution in [3.8, 4) is 0 Å². The van der Waals surface area contributed by atoms with E-state index >= 15 is 0 Å². The topological polar surface area (TPSA) is 87.0 Å². The molecule has 0 aromatic heterocycles. The van der Waals surface area contributed by atoms with Gasteiger partial charge in [0.05, 0.1) is 25.4 Å². The summed E-state index contributed by atoms with van der Waals surface area (Å²) in [5.41, 5.74) is 2.41. The first-order valence-corrected chi connectivity index (χ1v) is 9.99. The van der Waals surface area contributed by atoms with Crippen LogP contribution in [-0.2, 0) is 16.0 Å². The summed E-state index contributed by atoms with van der Waals surface area (Å²) >= 11 is 0. The van der Waals surface area contributed by atoms with Crippen LogP contribution in [0.25, 0.3) is 0 Å². The zero-order valence-corrected chi connectivity index (χ0v) is 17.1. The average Bonchev–Trinajstić information content (AvgIpc) is 2.99. The highest BCUT2D eigenvalue weighted by Gasteiger charge is 2.16. The number of rotatable bonds is 10. The van der Waals surface area contributed by atoms with Gasteiger partial charge >= 0.3 is 5.97 Å². The summed E-state index contributed by atoms with van der Waals surface area (Å²) in [7, 11) is 1.34. The fourth-order valence-corrected chi connectivity index (χ4v) is 3.12. The van der Waals surface area contributed by atoms with E-state index in [0.717, 1.165) is 16.7 Å². The number of carbonyl (C=O) groups excluding carboxylic acids is 1. The van der Waals surface area contributed by atoms with E-state index in [1.165, 1.54) is 25.3 Å². The van der Waals surface area contributed by atoms with Gasteiger partial charge < -0.3 is 20.1 Å². The summed E-state index contributed by atoms with van der Waals surface area (Å²) in [6.45, 7) is 0. The number of hydrogen-bond donors (Lipinski definition) is 3. The van der Waals surface area contributed by atoms with E-state index in [1.807, 2.05) is 24.3 Å². The molecule has 0 radical (unpaired) electrons. The molecular weight excluding hydrogens is 387 g/mol. The van der Waals surface area contributed by atoms with Crippen molar-refractivity contribution < 1.29 is 29.2 Å². The summed E-state index contributed by atoms with van der Waals surface area (Å²) in [4.78, 5) is 11.2. The van der Waals surface area contributed by atoms with E-state index in [9.17, 15) is 24.5 Å². The van der Waals surface area contributed by atoms with Crippen molar-refractivity contribution in [1.29, 1.82) is 0 Å². The number of aliphatic hydroxyl groups is 3. The van der Waals surface area contributed by atoms with Gasteiger partial charge in [0, 0.05) is 12.8 Å². The van der Waals surface area contributed by atoms with Gasteiger partial charge in [0.2, 0.25) is 0 Å². The van der Waals surface area contributed by atoms with Crippen LogP contribution in [0.1, 0.15) is 31.2 Å². The second kappa shape index (κ2) is 12.2. The Labute approximate surface area is 176 Å². The minimum atomic E-state index is -1.08. The summed E-state index contributed by atoms with van der Waals surface area (Å²) in [6.07, 6.45) is 9.79. The minimum absolute atomic E-state index is 0.203.